The molecule has 0 saturated heterocycles. The van der Waals surface area contributed by atoms with Crippen molar-refractivity contribution < 1.29 is 5.11 Å². The Morgan fingerprint density at radius 2 is 1.96 bits per heavy atom. The van der Waals surface area contributed by atoms with Crippen molar-refractivity contribution in [3.8, 4) is 5.75 Å². The second-order valence-electron chi connectivity index (χ2n) is 5.29. The van der Waals surface area contributed by atoms with Crippen molar-refractivity contribution >= 4 is 41.5 Å². The number of benzene rings is 2. The lowest BCUT2D eigenvalue weighted by Crippen LogP contribution is -2.38. The molecule has 0 saturated carbocycles. The molecule has 2 rings (SSSR count). The number of hydrogen-bond donors (Lipinski definition) is 3. The summed E-state index contributed by atoms with van der Waals surface area (Å²) < 4.78 is 0. The van der Waals surface area contributed by atoms with E-state index in [2.05, 4.69) is 22.5 Å². The summed E-state index contributed by atoms with van der Waals surface area (Å²) in [6.45, 7) is 5.35. The van der Waals surface area contributed by atoms with Crippen LogP contribution in [0.3, 0.4) is 0 Å². The highest BCUT2D eigenvalue weighted by Gasteiger charge is 2.08. The normalized spacial score (nSPS) is 12.2. The molecule has 0 aromatic heterocycles. The van der Waals surface area contributed by atoms with Gasteiger partial charge >= 0.3 is 0 Å². The van der Waals surface area contributed by atoms with Gasteiger partial charge in [-0.2, -0.15) is 0 Å². The Bertz CT molecular complexity index is 679. The molecule has 6 heteroatoms. The van der Waals surface area contributed by atoms with Crippen molar-refractivity contribution in [2.45, 2.75) is 26.4 Å². The van der Waals surface area contributed by atoms with Gasteiger partial charge in [-0.15, -0.1) is 24.0 Å². The molecule has 0 aliphatic rings. The highest BCUT2D eigenvalue weighted by molar-refractivity contribution is 14.0. The first-order valence-electron chi connectivity index (χ1n) is 7.66. The first-order chi connectivity index (χ1) is 11.1. The van der Waals surface area contributed by atoms with Crippen molar-refractivity contribution in [3.05, 3.63) is 64.7 Å². The van der Waals surface area contributed by atoms with Crippen LogP contribution in [0.15, 0.2) is 53.5 Å². The van der Waals surface area contributed by atoms with Crippen molar-refractivity contribution in [1.29, 1.82) is 0 Å². The molecule has 2 aromatic carbocycles. The molecule has 2 aromatic rings. The number of phenolic OH excluding ortho intramolecular Hbond substituents is 1. The monoisotopic (exact) mass is 459 g/mol. The van der Waals surface area contributed by atoms with Gasteiger partial charge in [0.15, 0.2) is 5.96 Å². The summed E-state index contributed by atoms with van der Waals surface area (Å²) in [4.78, 5) is 4.56. The third-order valence-corrected chi connectivity index (χ3v) is 3.61. The van der Waals surface area contributed by atoms with Crippen LogP contribution >= 0.6 is 35.6 Å². The fourth-order valence-corrected chi connectivity index (χ4v) is 2.41. The highest BCUT2D eigenvalue weighted by atomic mass is 127. The van der Waals surface area contributed by atoms with E-state index in [4.69, 9.17) is 11.6 Å². The summed E-state index contributed by atoms with van der Waals surface area (Å²) in [5, 5.41) is 16.8. The van der Waals surface area contributed by atoms with Crippen LogP contribution in [0, 0.1) is 0 Å². The van der Waals surface area contributed by atoms with E-state index in [1.54, 1.807) is 12.1 Å². The third kappa shape index (κ3) is 6.57. The fourth-order valence-electron chi connectivity index (χ4n) is 2.21. The zero-order valence-corrected chi connectivity index (χ0v) is 16.9. The van der Waals surface area contributed by atoms with E-state index >= 15 is 0 Å². The van der Waals surface area contributed by atoms with E-state index < -0.39 is 0 Å². The zero-order valence-electron chi connectivity index (χ0n) is 13.8. The molecule has 0 aliphatic heterocycles. The minimum atomic E-state index is 0. The standard InChI is InChI=1S/C18H22ClN3O.HI/c1-3-20-18(21-12-14-6-4-9-17(23)10-14)22-13(2)15-7-5-8-16(19)11-15;/h4-11,13,23H,3,12H2,1-2H3,(H2,20,21,22);1H. The van der Waals surface area contributed by atoms with Crippen LogP contribution in [0.25, 0.3) is 0 Å². The maximum atomic E-state index is 9.51. The first kappa shape index (κ1) is 20.6. The molecule has 130 valence electrons. The molecule has 0 spiro atoms. The number of rotatable bonds is 5. The Labute approximate surface area is 165 Å². The summed E-state index contributed by atoms with van der Waals surface area (Å²) in [6.07, 6.45) is 0. The van der Waals surface area contributed by atoms with Crippen LogP contribution in [0.1, 0.15) is 31.0 Å². The predicted octanol–water partition coefficient (Wildman–Crippen LogP) is 4.48. The van der Waals surface area contributed by atoms with Gasteiger partial charge in [0.1, 0.15) is 5.75 Å². The zero-order chi connectivity index (χ0) is 16.7. The number of guanidine groups is 1. The van der Waals surface area contributed by atoms with E-state index in [-0.39, 0.29) is 35.8 Å². The second kappa shape index (κ2) is 10.4. The second-order valence-corrected chi connectivity index (χ2v) is 5.72. The molecule has 1 unspecified atom stereocenters. The number of aromatic hydroxyl groups is 1. The lowest BCUT2D eigenvalue weighted by atomic mass is 10.1. The molecule has 24 heavy (non-hydrogen) atoms. The number of aliphatic imine (C=N–C) groups is 1. The molecule has 0 heterocycles. The van der Waals surface area contributed by atoms with Crippen molar-refractivity contribution in [2.24, 2.45) is 4.99 Å². The van der Waals surface area contributed by atoms with E-state index in [1.807, 2.05) is 43.3 Å². The van der Waals surface area contributed by atoms with Gasteiger partial charge in [-0.3, -0.25) is 0 Å². The molecule has 0 radical (unpaired) electrons. The van der Waals surface area contributed by atoms with Crippen molar-refractivity contribution in [1.82, 2.24) is 10.6 Å². The fraction of sp³-hybridized carbons (Fsp3) is 0.278. The predicted molar refractivity (Wildman–Crippen MR) is 111 cm³/mol. The van der Waals surface area contributed by atoms with Gasteiger partial charge in [-0.25, -0.2) is 4.99 Å². The number of halogens is 2. The smallest absolute Gasteiger partial charge is 0.192 e. The van der Waals surface area contributed by atoms with Gasteiger partial charge in [0, 0.05) is 11.6 Å². The van der Waals surface area contributed by atoms with Gasteiger partial charge in [0.25, 0.3) is 0 Å². The van der Waals surface area contributed by atoms with Crippen LogP contribution in [0.2, 0.25) is 5.02 Å². The topological polar surface area (TPSA) is 56.7 Å². The molecule has 3 N–H and O–H groups in total. The summed E-state index contributed by atoms with van der Waals surface area (Å²) in [5.41, 5.74) is 2.05. The van der Waals surface area contributed by atoms with E-state index in [1.165, 1.54) is 0 Å². The summed E-state index contributed by atoms with van der Waals surface area (Å²) in [6, 6.07) is 15.0. The maximum absolute atomic E-state index is 9.51. The van der Waals surface area contributed by atoms with Crippen LogP contribution in [-0.2, 0) is 6.54 Å². The van der Waals surface area contributed by atoms with Gasteiger partial charge in [0.05, 0.1) is 12.6 Å². The number of nitrogens with one attached hydrogen (secondary N) is 2. The molecular formula is C18H23ClIN3O. The summed E-state index contributed by atoms with van der Waals surface area (Å²) >= 11 is 6.05. The van der Waals surface area contributed by atoms with E-state index in [0.29, 0.717) is 6.54 Å². The number of phenols is 1. The minimum Gasteiger partial charge on any atom is -0.508 e. The Morgan fingerprint density at radius 1 is 1.21 bits per heavy atom. The quantitative estimate of drug-likeness (QED) is 0.351. The molecule has 0 aliphatic carbocycles. The molecule has 0 bridgehead atoms. The highest BCUT2D eigenvalue weighted by Crippen LogP contribution is 2.17. The van der Waals surface area contributed by atoms with Crippen LogP contribution in [-0.4, -0.2) is 17.6 Å². The largest absolute Gasteiger partial charge is 0.508 e. The Morgan fingerprint density at radius 3 is 2.62 bits per heavy atom. The Balaban J connectivity index is 0.00000288. The Hall–Kier alpha value is -1.47. The lowest BCUT2D eigenvalue weighted by molar-refractivity contribution is 0.474. The van der Waals surface area contributed by atoms with Crippen LogP contribution in [0.4, 0.5) is 0 Å². The van der Waals surface area contributed by atoms with E-state index in [9.17, 15) is 5.11 Å². The SMILES string of the molecule is CCNC(=NCc1cccc(O)c1)NC(C)c1cccc(Cl)c1.I. The molecule has 0 amide bonds. The van der Waals surface area contributed by atoms with Gasteiger partial charge < -0.3 is 15.7 Å². The molecule has 0 fully saturated rings. The summed E-state index contributed by atoms with van der Waals surface area (Å²) in [7, 11) is 0. The van der Waals surface area contributed by atoms with Crippen molar-refractivity contribution in [3.63, 3.8) is 0 Å². The Kier molecular flexibility index (Phi) is 8.92. The lowest BCUT2D eigenvalue weighted by Gasteiger charge is -2.18. The molecule has 1 atom stereocenters. The minimum absolute atomic E-state index is 0. The van der Waals surface area contributed by atoms with Crippen LogP contribution < -0.4 is 10.6 Å². The number of hydrogen-bond acceptors (Lipinski definition) is 2. The first-order valence-corrected chi connectivity index (χ1v) is 8.04. The van der Waals surface area contributed by atoms with Crippen molar-refractivity contribution in [2.75, 3.05) is 6.54 Å². The van der Waals surface area contributed by atoms with Gasteiger partial charge in [-0.05, 0) is 49.2 Å². The van der Waals surface area contributed by atoms with Crippen LogP contribution in [0.5, 0.6) is 5.75 Å². The van der Waals surface area contributed by atoms with Gasteiger partial charge in [0.2, 0.25) is 0 Å². The average molecular weight is 460 g/mol. The average Bonchev–Trinajstić information content (AvgIpc) is 2.53. The van der Waals surface area contributed by atoms with Gasteiger partial charge in [-0.1, -0.05) is 35.9 Å². The third-order valence-electron chi connectivity index (χ3n) is 3.38. The molecular weight excluding hydrogens is 437 g/mol. The molecule has 4 nitrogen and oxygen atoms in total. The van der Waals surface area contributed by atoms with E-state index in [0.717, 1.165) is 28.7 Å². The maximum Gasteiger partial charge on any atom is 0.192 e. The summed E-state index contributed by atoms with van der Waals surface area (Å²) in [5.74, 6) is 0.978. The number of nitrogens with zero attached hydrogens (tertiary/aromatic N) is 1.